The van der Waals surface area contributed by atoms with Crippen molar-refractivity contribution < 1.29 is 9.53 Å². The molecule has 0 saturated carbocycles. The predicted molar refractivity (Wildman–Crippen MR) is 64.1 cm³/mol. The summed E-state index contributed by atoms with van der Waals surface area (Å²) in [6.45, 7) is 8.55. The molecule has 0 aromatic carbocycles. The first-order chi connectivity index (χ1) is 7.59. The number of nitrogens with zero attached hydrogens (tertiary/aromatic N) is 1. The monoisotopic (exact) mass is 228 g/mol. The molecule has 1 aliphatic rings. The van der Waals surface area contributed by atoms with Crippen LogP contribution in [0.2, 0.25) is 0 Å². The lowest BCUT2D eigenvalue weighted by Crippen LogP contribution is -2.52. The minimum absolute atomic E-state index is 0.141. The number of amides is 1. The van der Waals surface area contributed by atoms with Crippen molar-refractivity contribution in [1.29, 1.82) is 0 Å². The molecule has 94 valence electrons. The van der Waals surface area contributed by atoms with E-state index in [0.717, 1.165) is 12.8 Å². The molecule has 16 heavy (non-hydrogen) atoms. The van der Waals surface area contributed by atoms with Gasteiger partial charge in [-0.2, -0.15) is 0 Å². The Hall–Kier alpha value is -0.610. The van der Waals surface area contributed by atoms with Crippen LogP contribution in [0.1, 0.15) is 33.6 Å². The Morgan fingerprint density at radius 2 is 2.12 bits per heavy atom. The van der Waals surface area contributed by atoms with Gasteiger partial charge in [-0.15, -0.1) is 0 Å². The Morgan fingerprint density at radius 3 is 2.56 bits per heavy atom. The van der Waals surface area contributed by atoms with Crippen LogP contribution in [0.3, 0.4) is 0 Å². The van der Waals surface area contributed by atoms with Crippen LogP contribution in [0.4, 0.5) is 0 Å². The minimum Gasteiger partial charge on any atom is -0.375 e. The molecule has 0 aromatic rings. The zero-order valence-electron chi connectivity index (χ0n) is 10.7. The Morgan fingerprint density at radius 1 is 1.50 bits per heavy atom. The van der Waals surface area contributed by atoms with E-state index in [1.54, 1.807) is 0 Å². The number of hydrogen-bond donors (Lipinski definition) is 1. The zero-order chi connectivity index (χ0) is 12.2. The van der Waals surface area contributed by atoms with Crippen LogP contribution < -0.4 is 5.73 Å². The summed E-state index contributed by atoms with van der Waals surface area (Å²) < 4.78 is 5.45. The van der Waals surface area contributed by atoms with Crippen molar-refractivity contribution >= 4 is 5.91 Å². The van der Waals surface area contributed by atoms with Gasteiger partial charge in [0.05, 0.1) is 18.1 Å². The van der Waals surface area contributed by atoms with Crippen LogP contribution in [0.5, 0.6) is 0 Å². The molecule has 1 fully saturated rings. The van der Waals surface area contributed by atoms with Gasteiger partial charge in [-0.3, -0.25) is 4.79 Å². The summed E-state index contributed by atoms with van der Waals surface area (Å²) in [6, 6.07) is 0. The molecule has 0 aliphatic carbocycles. The quantitative estimate of drug-likeness (QED) is 0.781. The Balaban J connectivity index is 2.74. The van der Waals surface area contributed by atoms with Crippen LogP contribution in [0.25, 0.3) is 0 Å². The maximum Gasteiger partial charge on any atom is 0.230 e. The fraction of sp³-hybridized carbons (Fsp3) is 0.917. The minimum atomic E-state index is -0.364. The van der Waals surface area contributed by atoms with Crippen molar-refractivity contribution in [3.63, 3.8) is 0 Å². The summed E-state index contributed by atoms with van der Waals surface area (Å²) in [4.78, 5) is 14.4. The lowest BCUT2D eigenvalue weighted by atomic mass is 9.81. The summed E-state index contributed by atoms with van der Waals surface area (Å²) in [5.74, 6) is 0.204. The highest BCUT2D eigenvalue weighted by Gasteiger charge is 2.38. The van der Waals surface area contributed by atoms with Gasteiger partial charge in [0, 0.05) is 19.6 Å². The molecule has 1 rings (SSSR count). The molecule has 1 amide bonds. The van der Waals surface area contributed by atoms with Crippen molar-refractivity contribution in [2.45, 2.75) is 39.7 Å². The lowest BCUT2D eigenvalue weighted by molar-refractivity contribution is -0.149. The van der Waals surface area contributed by atoms with Crippen LogP contribution in [0, 0.1) is 5.41 Å². The Labute approximate surface area is 98.1 Å². The van der Waals surface area contributed by atoms with Crippen LogP contribution in [-0.2, 0) is 9.53 Å². The number of morpholine rings is 1. The second-order valence-electron chi connectivity index (χ2n) is 4.62. The van der Waals surface area contributed by atoms with Gasteiger partial charge in [-0.25, -0.2) is 0 Å². The maximum atomic E-state index is 12.4. The zero-order valence-corrected chi connectivity index (χ0v) is 10.7. The average molecular weight is 228 g/mol. The van der Waals surface area contributed by atoms with Gasteiger partial charge in [0.1, 0.15) is 0 Å². The maximum absolute atomic E-state index is 12.4. The van der Waals surface area contributed by atoms with Crippen molar-refractivity contribution in [2.24, 2.45) is 11.1 Å². The molecule has 0 aromatic heterocycles. The summed E-state index contributed by atoms with van der Waals surface area (Å²) in [7, 11) is 0. The van der Waals surface area contributed by atoms with Gasteiger partial charge in [0.2, 0.25) is 5.91 Å². The molecular formula is C12H24N2O2. The Kier molecular flexibility index (Phi) is 4.74. The highest BCUT2D eigenvalue weighted by Crippen LogP contribution is 2.28. The first kappa shape index (κ1) is 13.5. The average Bonchev–Trinajstić information content (AvgIpc) is 2.32. The number of ether oxygens (including phenoxy) is 1. The predicted octanol–water partition coefficient (Wildman–Crippen LogP) is 0.999. The van der Waals surface area contributed by atoms with Crippen molar-refractivity contribution in [3.8, 4) is 0 Å². The van der Waals surface area contributed by atoms with E-state index in [1.807, 2.05) is 25.7 Å². The van der Waals surface area contributed by atoms with Crippen LogP contribution >= 0.6 is 0 Å². The number of rotatable bonds is 4. The molecule has 0 radical (unpaired) electrons. The second kappa shape index (κ2) is 5.64. The highest BCUT2D eigenvalue weighted by atomic mass is 16.5. The largest absolute Gasteiger partial charge is 0.375 e. The van der Waals surface area contributed by atoms with Crippen molar-refractivity contribution in [1.82, 2.24) is 4.90 Å². The Bertz CT molecular complexity index is 231. The van der Waals surface area contributed by atoms with Gasteiger partial charge in [0.15, 0.2) is 0 Å². The summed E-state index contributed by atoms with van der Waals surface area (Å²) >= 11 is 0. The van der Waals surface area contributed by atoms with Gasteiger partial charge in [0.25, 0.3) is 0 Å². The third-order valence-corrected chi connectivity index (χ3v) is 3.73. The second-order valence-corrected chi connectivity index (χ2v) is 4.62. The van der Waals surface area contributed by atoms with Gasteiger partial charge < -0.3 is 15.4 Å². The smallest absolute Gasteiger partial charge is 0.230 e. The van der Waals surface area contributed by atoms with E-state index in [-0.39, 0.29) is 17.4 Å². The first-order valence-electron chi connectivity index (χ1n) is 6.20. The third kappa shape index (κ3) is 2.55. The fourth-order valence-corrected chi connectivity index (χ4v) is 2.27. The van der Waals surface area contributed by atoms with Gasteiger partial charge in [-0.1, -0.05) is 13.8 Å². The molecule has 4 heteroatoms. The molecule has 1 atom stereocenters. The van der Waals surface area contributed by atoms with E-state index in [9.17, 15) is 4.79 Å². The molecule has 1 unspecified atom stereocenters. The number of carbonyl (C=O) groups excluding carboxylic acids is 1. The molecule has 1 aliphatic heterocycles. The fourth-order valence-electron chi connectivity index (χ4n) is 2.27. The third-order valence-electron chi connectivity index (χ3n) is 3.73. The van der Waals surface area contributed by atoms with E-state index >= 15 is 0 Å². The number of hydrogen-bond acceptors (Lipinski definition) is 3. The lowest BCUT2D eigenvalue weighted by Gasteiger charge is -2.38. The molecule has 2 N–H and O–H groups in total. The molecular weight excluding hydrogens is 204 g/mol. The van der Waals surface area contributed by atoms with Gasteiger partial charge in [-0.05, 0) is 19.8 Å². The van der Waals surface area contributed by atoms with E-state index < -0.39 is 0 Å². The van der Waals surface area contributed by atoms with Crippen molar-refractivity contribution in [2.75, 3.05) is 26.2 Å². The number of carbonyl (C=O) groups is 1. The summed E-state index contributed by atoms with van der Waals surface area (Å²) in [5.41, 5.74) is 5.43. The SMILES string of the molecule is CCC(CC)(CN)C(=O)N1CCOC(C)C1. The summed E-state index contributed by atoms with van der Waals surface area (Å²) in [6.07, 6.45) is 1.76. The standard InChI is InChI=1S/C12H24N2O2/c1-4-12(5-2,9-13)11(15)14-6-7-16-10(3)8-14/h10H,4-9,13H2,1-3H3. The van der Waals surface area contributed by atoms with E-state index in [0.29, 0.717) is 26.2 Å². The van der Waals surface area contributed by atoms with Crippen LogP contribution in [0.15, 0.2) is 0 Å². The molecule has 0 bridgehead atoms. The van der Waals surface area contributed by atoms with E-state index in [2.05, 4.69) is 0 Å². The molecule has 1 saturated heterocycles. The van der Waals surface area contributed by atoms with Crippen molar-refractivity contribution in [3.05, 3.63) is 0 Å². The van der Waals surface area contributed by atoms with E-state index in [1.165, 1.54) is 0 Å². The normalized spacial score (nSPS) is 22.2. The topological polar surface area (TPSA) is 55.6 Å². The molecule has 1 heterocycles. The summed E-state index contributed by atoms with van der Waals surface area (Å²) in [5, 5.41) is 0. The van der Waals surface area contributed by atoms with Crippen LogP contribution in [-0.4, -0.2) is 43.2 Å². The van der Waals surface area contributed by atoms with E-state index in [4.69, 9.17) is 10.5 Å². The molecule has 0 spiro atoms. The number of nitrogens with two attached hydrogens (primary N) is 1. The van der Waals surface area contributed by atoms with Gasteiger partial charge >= 0.3 is 0 Å². The highest BCUT2D eigenvalue weighted by molar-refractivity contribution is 5.83. The molecule has 4 nitrogen and oxygen atoms in total. The first-order valence-corrected chi connectivity index (χ1v) is 6.20.